The van der Waals surface area contributed by atoms with Gasteiger partial charge in [-0.05, 0) is 72.6 Å². The Kier molecular flexibility index (Phi) is 8.66. The van der Waals surface area contributed by atoms with Gasteiger partial charge in [0.25, 0.3) is 0 Å². The summed E-state index contributed by atoms with van der Waals surface area (Å²) in [5.74, 6) is 1.14. The Morgan fingerprint density at radius 3 is 2.22 bits per heavy atom. The number of amidine groups is 1. The lowest BCUT2D eigenvalue weighted by Gasteiger charge is -2.32. The number of methoxy groups -OCH3 is 2. The molecule has 0 radical (unpaired) electrons. The SMILES string of the molecule is COc1ccc(CCN2C(=O)CC(C(=O)Nc3ccc(Br)cc3)SC2=Nc2ccc(OC)cc2)cc1. The molecule has 186 valence electrons. The molecule has 1 fully saturated rings. The van der Waals surface area contributed by atoms with Crippen molar-refractivity contribution in [3.05, 3.63) is 82.8 Å². The van der Waals surface area contributed by atoms with E-state index in [2.05, 4.69) is 21.2 Å². The van der Waals surface area contributed by atoms with Gasteiger partial charge in [0.15, 0.2) is 5.17 Å². The van der Waals surface area contributed by atoms with E-state index in [1.807, 2.05) is 72.8 Å². The summed E-state index contributed by atoms with van der Waals surface area (Å²) in [6, 6.07) is 22.4. The Labute approximate surface area is 223 Å². The maximum Gasteiger partial charge on any atom is 0.238 e. The monoisotopic (exact) mass is 567 g/mol. The summed E-state index contributed by atoms with van der Waals surface area (Å²) in [6.07, 6.45) is 0.741. The van der Waals surface area contributed by atoms with Gasteiger partial charge in [-0.2, -0.15) is 0 Å². The highest BCUT2D eigenvalue weighted by atomic mass is 79.9. The Morgan fingerprint density at radius 1 is 1.00 bits per heavy atom. The molecule has 1 atom stereocenters. The van der Waals surface area contributed by atoms with Crippen molar-refractivity contribution >= 4 is 56.0 Å². The predicted molar refractivity (Wildman–Crippen MR) is 147 cm³/mol. The van der Waals surface area contributed by atoms with Crippen LogP contribution in [0, 0.1) is 0 Å². The molecule has 1 saturated heterocycles. The molecule has 2 amide bonds. The van der Waals surface area contributed by atoms with Crippen molar-refractivity contribution in [2.45, 2.75) is 18.1 Å². The molecule has 0 aliphatic carbocycles. The minimum Gasteiger partial charge on any atom is -0.497 e. The molecule has 1 aliphatic heterocycles. The summed E-state index contributed by atoms with van der Waals surface area (Å²) in [6.45, 7) is 0.453. The zero-order valence-electron chi connectivity index (χ0n) is 19.9. The third-order valence-corrected chi connectivity index (χ3v) is 7.34. The van der Waals surface area contributed by atoms with Gasteiger partial charge >= 0.3 is 0 Å². The molecule has 0 bridgehead atoms. The normalized spacial score (nSPS) is 16.6. The second-order valence-electron chi connectivity index (χ2n) is 8.04. The lowest BCUT2D eigenvalue weighted by atomic mass is 10.1. The first-order chi connectivity index (χ1) is 17.4. The first kappa shape index (κ1) is 25.8. The van der Waals surface area contributed by atoms with Gasteiger partial charge in [0.2, 0.25) is 11.8 Å². The molecule has 1 N–H and O–H groups in total. The summed E-state index contributed by atoms with van der Waals surface area (Å²) < 4.78 is 11.4. The number of nitrogens with zero attached hydrogens (tertiary/aromatic N) is 2. The van der Waals surface area contributed by atoms with Gasteiger partial charge in [-0.25, -0.2) is 4.99 Å². The quantitative estimate of drug-likeness (QED) is 0.379. The van der Waals surface area contributed by atoms with Crippen molar-refractivity contribution in [3.63, 3.8) is 0 Å². The van der Waals surface area contributed by atoms with Crippen LogP contribution >= 0.6 is 27.7 Å². The van der Waals surface area contributed by atoms with Crippen molar-refractivity contribution < 1.29 is 19.1 Å². The van der Waals surface area contributed by atoms with E-state index in [0.717, 1.165) is 21.5 Å². The van der Waals surface area contributed by atoms with Gasteiger partial charge in [0, 0.05) is 23.1 Å². The summed E-state index contributed by atoms with van der Waals surface area (Å²) >= 11 is 4.70. The number of anilines is 1. The molecule has 36 heavy (non-hydrogen) atoms. The van der Waals surface area contributed by atoms with Crippen molar-refractivity contribution in [1.82, 2.24) is 4.90 Å². The number of hydrogen-bond donors (Lipinski definition) is 1. The lowest BCUT2D eigenvalue weighted by molar-refractivity contribution is -0.129. The first-order valence-corrected chi connectivity index (χ1v) is 13.0. The molecular weight excluding hydrogens is 542 g/mol. The van der Waals surface area contributed by atoms with Crippen LogP contribution in [-0.4, -0.2) is 47.9 Å². The number of hydrogen-bond acceptors (Lipinski definition) is 6. The molecule has 3 aromatic rings. The number of thioether (sulfide) groups is 1. The number of ether oxygens (including phenoxy) is 2. The molecule has 1 unspecified atom stereocenters. The number of benzene rings is 3. The topological polar surface area (TPSA) is 80.2 Å². The molecule has 0 aromatic heterocycles. The van der Waals surface area contributed by atoms with Crippen LogP contribution in [0.15, 0.2) is 82.3 Å². The number of carbonyl (C=O) groups is 2. The molecule has 0 saturated carbocycles. The van der Waals surface area contributed by atoms with E-state index in [1.54, 1.807) is 19.1 Å². The number of aliphatic imine (C=N–C) groups is 1. The van der Waals surface area contributed by atoms with Crippen LogP contribution in [0.4, 0.5) is 11.4 Å². The van der Waals surface area contributed by atoms with E-state index in [0.29, 0.717) is 29.5 Å². The minimum atomic E-state index is -0.588. The van der Waals surface area contributed by atoms with Crippen LogP contribution in [0.2, 0.25) is 0 Å². The van der Waals surface area contributed by atoms with Crippen molar-refractivity contribution in [1.29, 1.82) is 0 Å². The van der Waals surface area contributed by atoms with Crippen LogP contribution in [-0.2, 0) is 16.0 Å². The van der Waals surface area contributed by atoms with E-state index in [-0.39, 0.29) is 18.2 Å². The van der Waals surface area contributed by atoms with Gasteiger partial charge in [-0.1, -0.05) is 39.8 Å². The Hall–Kier alpha value is -3.30. The summed E-state index contributed by atoms with van der Waals surface area (Å²) in [7, 11) is 3.23. The fourth-order valence-electron chi connectivity index (χ4n) is 3.62. The van der Waals surface area contributed by atoms with Crippen LogP contribution in [0.3, 0.4) is 0 Å². The van der Waals surface area contributed by atoms with Gasteiger partial charge in [0.05, 0.1) is 19.9 Å². The minimum absolute atomic E-state index is 0.0945. The molecule has 4 rings (SSSR count). The van der Waals surface area contributed by atoms with Crippen molar-refractivity contribution in [3.8, 4) is 11.5 Å². The molecule has 3 aromatic carbocycles. The fraction of sp³-hybridized carbons (Fsp3) is 0.222. The maximum absolute atomic E-state index is 13.2. The predicted octanol–water partition coefficient (Wildman–Crippen LogP) is 5.67. The Balaban J connectivity index is 1.54. The van der Waals surface area contributed by atoms with Crippen LogP contribution in [0.1, 0.15) is 12.0 Å². The molecule has 9 heteroatoms. The molecule has 0 spiro atoms. The van der Waals surface area contributed by atoms with E-state index < -0.39 is 5.25 Å². The van der Waals surface area contributed by atoms with Crippen LogP contribution < -0.4 is 14.8 Å². The molecule has 1 aliphatic rings. The number of halogens is 1. The summed E-state index contributed by atoms with van der Waals surface area (Å²) in [5.41, 5.74) is 2.42. The summed E-state index contributed by atoms with van der Waals surface area (Å²) in [5, 5.41) is 2.82. The highest BCUT2D eigenvalue weighted by molar-refractivity contribution is 9.10. The van der Waals surface area contributed by atoms with Crippen LogP contribution in [0.25, 0.3) is 0 Å². The van der Waals surface area contributed by atoms with Gasteiger partial charge in [-0.15, -0.1) is 0 Å². The van der Waals surface area contributed by atoms with Crippen molar-refractivity contribution in [2.24, 2.45) is 4.99 Å². The Morgan fingerprint density at radius 2 is 1.61 bits per heavy atom. The maximum atomic E-state index is 13.2. The summed E-state index contributed by atoms with van der Waals surface area (Å²) in [4.78, 5) is 32.7. The van der Waals surface area contributed by atoms with E-state index in [1.165, 1.54) is 11.8 Å². The number of carbonyl (C=O) groups excluding carboxylic acids is 2. The molecule has 1 heterocycles. The first-order valence-electron chi connectivity index (χ1n) is 11.3. The molecule has 7 nitrogen and oxygen atoms in total. The van der Waals surface area contributed by atoms with Gasteiger partial charge < -0.3 is 14.8 Å². The lowest BCUT2D eigenvalue weighted by Crippen LogP contribution is -2.46. The smallest absolute Gasteiger partial charge is 0.238 e. The van der Waals surface area contributed by atoms with Crippen LogP contribution in [0.5, 0.6) is 11.5 Å². The number of amides is 2. The van der Waals surface area contributed by atoms with Gasteiger partial charge in [0.1, 0.15) is 16.7 Å². The zero-order chi connectivity index (χ0) is 25.5. The second kappa shape index (κ2) is 12.1. The molecular formula is C27H26BrN3O4S. The van der Waals surface area contributed by atoms with E-state index in [4.69, 9.17) is 14.5 Å². The van der Waals surface area contributed by atoms with E-state index >= 15 is 0 Å². The van der Waals surface area contributed by atoms with Crippen molar-refractivity contribution in [2.75, 3.05) is 26.1 Å². The second-order valence-corrected chi connectivity index (χ2v) is 10.1. The van der Waals surface area contributed by atoms with Gasteiger partial charge in [-0.3, -0.25) is 14.5 Å². The number of rotatable bonds is 8. The number of nitrogens with one attached hydrogen (secondary N) is 1. The average Bonchev–Trinajstić information content (AvgIpc) is 2.90. The highest BCUT2D eigenvalue weighted by Crippen LogP contribution is 2.31. The third-order valence-electron chi connectivity index (χ3n) is 5.62. The highest BCUT2D eigenvalue weighted by Gasteiger charge is 2.35. The average molecular weight is 568 g/mol. The standard InChI is InChI=1S/C27H26BrN3O4S/c1-34-22-11-3-18(4-12-22)15-16-31-25(32)17-24(26(33)29-20-7-5-19(28)6-8-20)36-27(31)30-21-9-13-23(35-2)14-10-21/h3-14,24H,15-17H2,1-2H3,(H,29,33). The zero-order valence-corrected chi connectivity index (χ0v) is 22.3. The third kappa shape index (κ3) is 6.67. The fourth-order valence-corrected chi connectivity index (χ4v) is 5.01. The Bertz CT molecular complexity index is 1230. The van der Waals surface area contributed by atoms with E-state index in [9.17, 15) is 9.59 Å². The largest absolute Gasteiger partial charge is 0.497 e.